The van der Waals surface area contributed by atoms with Crippen molar-refractivity contribution < 1.29 is 14.0 Å². The van der Waals surface area contributed by atoms with E-state index >= 15 is 0 Å². The van der Waals surface area contributed by atoms with Crippen LogP contribution in [0.4, 0.5) is 5.69 Å². The molecule has 0 aliphatic heterocycles. The number of rotatable bonds is 7. The summed E-state index contributed by atoms with van der Waals surface area (Å²) in [6.07, 6.45) is 0.732. The lowest BCUT2D eigenvalue weighted by molar-refractivity contribution is -0.124. The molecule has 0 saturated heterocycles. The maximum absolute atomic E-state index is 13.6. The Hall–Kier alpha value is -3.00. The summed E-state index contributed by atoms with van der Waals surface area (Å²) in [6, 6.07) is 8.30. The number of carbonyl (C=O) groups excluding carboxylic acids is 2. The summed E-state index contributed by atoms with van der Waals surface area (Å²) < 4.78 is 9.69. The first kappa shape index (κ1) is 22.7. The smallest absolute Gasteiger partial charge is 0.280 e. The third kappa shape index (κ3) is 5.19. The van der Waals surface area contributed by atoms with E-state index in [0.29, 0.717) is 17.2 Å². The zero-order chi connectivity index (χ0) is 22.8. The Labute approximate surface area is 186 Å². The number of nitrogens with one attached hydrogen (secondary N) is 1. The molecule has 1 atom stereocenters. The van der Waals surface area contributed by atoms with E-state index in [1.165, 1.54) is 4.90 Å². The molecule has 0 bridgehead atoms. The van der Waals surface area contributed by atoms with Gasteiger partial charge in [-0.3, -0.25) is 14.5 Å². The lowest BCUT2D eigenvalue weighted by Crippen LogP contribution is -2.50. The lowest BCUT2D eigenvalue weighted by atomic mass is 10.00. The van der Waals surface area contributed by atoms with Gasteiger partial charge in [0.1, 0.15) is 11.5 Å². The molecule has 2 aromatic heterocycles. The third-order valence-electron chi connectivity index (χ3n) is 5.17. The molecule has 31 heavy (non-hydrogen) atoms. The summed E-state index contributed by atoms with van der Waals surface area (Å²) >= 11 is 1.09. The lowest BCUT2D eigenvalue weighted by Gasteiger charge is -2.33. The molecular formula is C23H28N4O3S. The van der Waals surface area contributed by atoms with Crippen LogP contribution in [0, 0.1) is 20.8 Å². The zero-order valence-corrected chi connectivity index (χ0v) is 19.5. The molecule has 2 amide bonds. The quantitative estimate of drug-likeness (QED) is 0.573. The van der Waals surface area contributed by atoms with Gasteiger partial charge >= 0.3 is 0 Å². The number of carbonyl (C=O) groups is 2. The van der Waals surface area contributed by atoms with Gasteiger partial charge in [-0.25, -0.2) is 0 Å². The van der Waals surface area contributed by atoms with Crippen LogP contribution in [0.3, 0.4) is 0 Å². The number of anilines is 1. The fourth-order valence-electron chi connectivity index (χ4n) is 3.32. The molecule has 164 valence electrons. The van der Waals surface area contributed by atoms with E-state index in [2.05, 4.69) is 14.9 Å². The number of amides is 2. The monoisotopic (exact) mass is 440 g/mol. The van der Waals surface area contributed by atoms with Gasteiger partial charge in [-0.2, -0.15) is 0 Å². The van der Waals surface area contributed by atoms with Crippen molar-refractivity contribution in [3.63, 3.8) is 0 Å². The van der Waals surface area contributed by atoms with Crippen LogP contribution in [0.15, 0.2) is 40.1 Å². The van der Waals surface area contributed by atoms with E-state index in [4.69, 9.17) is 4.42 Å². The summed E-state index contributed by atoms with van der Waals surface area (Å²) in [4.78, 5) is 28.6. The van der Waals surface area contributed by atoms with Crippen molar-refractivity contribution in [2.45, 2.75) is 59.5 Å². The summed E-state index contributed by atoms with van der Waals surface area (Å²) in [5, 5.41) is 8.60. The molecule has 1 aromatic carbocycles. The van der Waals surface area contributed by atoms with Gasteiger partial charge in [0.25, 0.3) is 11.8 Å². The van der Waals surface area contributed by atoms with Gasteiger partial charge in [-0.05, 0) is 88.0 Å². The minimum atomic E-state index is -1.00. The maximum atomic E-state index is 13.6. The van der Waals surface area contributed by atoms with Gasteiger partial charge in [-0.1, -0.05) is 17.5 Å². The summed E-state index contributed by atoms with van der Waals surface area (Å²) in [7, 11) is 0. The largest absolute Gasteiger partial charge is 0.464 e. The average molecular weight is 441 g/mol. The van der Waals surface area contributed by atoms with Gasteiger partial charge in [0.15, 0.2) is 11.7 Å². The topological polar surface area (TPSA) is 88.3 Å². The van der Waals surface area contributed by atoms with Gasteiger partial charge < -0.3 is 9.73 Å². The Balaban J connectivity index is 2.18. The second-order valence-corrected chi connectivity index (χ2v) is 9.00. The van der Waals surface area contributed by atoms with Crippen molar-refractivity contribution in [2.24, 2.45) is 0 Å². The molecule has 3 aromatic rings. The Morgan fingerprint density at radius 2 is 1.84 bits per heavy atom. The Morgan fingerprint density at radius 1 is 1.16 bits per heavy atom. The molecule has 0 radical (unpaired) electrons. The molecular weight excluding hydrogens is 412 g/mol. The summed E-state index contributed by atoms with van der Waals surface area (Å²) in [5.74, 6) is 0.308. The maximum Gasteiger partial charge on any atom is 0.280 e. The highest BCUT2D eigenvalue weighted by molar-refractivity contribution is 7.03. The Bertz CT molecular complexity index is 1050. The van der Waals surface area contributed by atoms with Crippen LogP contribution < -0.4 is 10.2 Å². The first-order chi connectivity index (χ1) is 14.6. The van der Waals surface area contributed by atoms with E-state index in [1.54, 1.807) is 17.5 Å². The van der Waals surface area contributed by atoms with E-state index < -0.39 is 17.5 Å². The third-order valence-corrected chi connectivity index (χ3v) is 5.67. The van der Waals surface area contributed by atoms with Gasteiger partial charge in [0.05, 0.1) is 0 Å². The fraction of sp³-hybridized carbons (Fsp3) is 0.391. The summed E-state index contributed by atoms with van der Waals surface area (Å²) in [5.41, 5.74) is 2.29. The zero-order valence-electron chi connectivity index (χ0n) is 18.7. The normalized spacial score (nSPS) is 12.5. The molecule has 2 heterocycles. The molecule has 0 aliphatic rings. The average Bonchev–Trinajstić information content (AvgIpc) is 3.36. The highest BCUT2D eigenvalue weighted by Gasteiger charge is 2.38. The predicted molar refractivity (Wildman–Crippen MR) is 121 cm³/mol. The van der Waals surface area contributed by atoms with Crippen molar-refractivity contribution in [1.82, 2.24) is 14.9 Å². The van der Waals surface area contributed by atoms with Gasteiger partial charge in [-0.15, -0.1) is 5.10 Å². The first-order valence-corrected chi connectivity index (χ1v) is 11.0. The number of aromatic nitrogens is 2. The molecule has 1 unspecified atom stereocenters. The van der Waals surface area contributed by atoms with E-state index in [-0.39, 0.29) is 11.6 Å². The van der Waals surface area contributed by atoms with Crippen LogP contribution in [-0.2, 0) is 4.79 Å². The predicted octanol–water partition coefficient (Wildman–Crippen LogP) is 4.75. The minimum absolute atomic E-state index is 0.181. The number of aryl methyl sites for hydroxylation is 3. The van der Waals surface area contributed by atoms with Crippen molar-refractivity contribution in [2.75, 3.05) is 4.90 Å². The molecule has 8 heteroatoms. The molecule has 0 aliphatic carbocycles. The number of hydrogen-bond donors (Lipinski definition) is 1. The Morgan fingerprint density at radius 3 is 2.35 bits per heavy atom. The van der Waals surface area contributed by atoms with Crippen LogP contribution in [0.5, 0.6) is 0 Å². The first-order valence-electron chi connectivity index (χ1n) is 10.2. The van der Waals surface area contributed by atoms with Crippen LogP contribution in [-0.4, -0.2) is 26.9 Å². The summed E-state index contributed by atoms with van der Waals surface area (Å²) in [6.45, 7) is 11.6. The molecule has 7 nitrogen and oxygen atoms in total. The molecule has 0 saturated carbocycles. The van der Waals surface area contributed by atoms with Crippen LogP contribution >= 0.6 is 11.5 Å². The second-order valence-electron chi connectivity index (χ2n) is 8.39. The van der Waals surface area contributed by atoms with Crippen LogP contribution in [0.25, 0.3) is 0 Å². The molecule has 1 N–H and O–H groups in total. The van der Waals surface area contributed by atoms with E-state index in [0.717, 1.165) is 29.1 Å². The number of benzene rings is 1. The molecule has 0 fully saturated rings. The number of nitrogens with zero attached hydrogens (tertiary/aromatic N) is 3. The van der Waals surface area contributed by atoms with Crippen molar-refractivity contribution in [1.29, 1.82) is 0 Å². The second kappa shape index (κ2) is 9.01. The number of furan rings is 1. The SMILES string of the molecule is CCC(C)(C)NC(=O)C(c1ccc(C)o1)N(C(=O)c1csnn1)c1cc(C)cc(C)c1. The highest BCUT2D eigenvalue weighted by atomic mass is 32.1. The highest BCUT2D eigenvalue weighted by Crippen LogP contribution is 2.32. The van der Waals surface area contributed by atoms with Crippen molar-refractivity contribution in [3.8, 4) is 0 Å². The minimum Gasteiger partial charge on any atom is -0.464 e. The molecule has 3 rings (SSSR count). The Kier molecular flexibility index (Phi) is 6.59. The van der Waals surface area contributed by atoms with E-state index in [9.17, 15) is 9.59 Å². The number of hydrogen-bond acceptors (Lipinski definition) is 6. The van der Waals surface area contributed by atoms with Crippen LogP contribution in [0.1, 0.15) is 66.4 Å². The van der Waals surface area contributed by atoms with Crippen LogP contribution in [0.2, 0.25) is 0 Å². The van der Waals surface area contributed by atoms with Crippen molar-refractivity contribution in [3.05, 3.63) is 64.1 Å². The van der Waals surface area contributed by atoms with Gasteiger partial charge in [0.2, 0.25) is 0 Å². The van der Waals surface area contributed by atoms with Crippen molar-refractivity contribution >= 4 is 29.0 Å². The standard InChI is InChI=1S/C23H28N4O3S/c1-7-23(5,6)24-21(28)20(19-9-8-16(4)30-19)27(22(29)18-13-31-26-25-18)17-11-14(2)10-15(3)12-17/h8-13,20H,7H2,1-6H3,(H,24,28). The molecule has 0 spiro atoms. The van der Waals surface area contributed by atoms with Gasteiger partial charge in [0, 0.05) is 16.6 Å². The van der Waals surface area contributed by atoms with E-state index in [1.807, 2.05) is 59.7 Å². The fourth-order valence-corrected chi connectivity index (χ4v) is 3.75.